The van der Waals surface area contributed by atoms with Crippen molar-refractivity contribution in [3.05, 3.63) is 12.7 Å². The highest BCUT2D eigenvalue weighted by molar-refractivity contribution is 5.80. The van der Waals surface area contributed by atoms with E-state index in [9.17, 15) is 4.79 Å². The zero-order valence-electron chi connectivity index (χ0n) is 7.12. The molecule has 70 valence electrons. The van der Waals surface area contributed by atoms with Crippen molar-refractivity contribution in [1.82, 2.24) is 0 Å². The molecule has 0 saturated heterocycles. The van der Waals surface area contributed by atoms with Crippen LogP contribution in [-0.2, 0) is 4.79 Å². The SMILES string of the molecule is C=C[C@](N)(CCCCN)C(=O)O. The van der Waals surface area contributed by atoms with Crippen LogP contribution < -0.4 is 11.5 Å². The average Bonchev–Trinajstić information content (AvgIpc) is 2.04. The van der Waals surface area contributed by atoms with Crippen molar-refractivity contribution in [3.63, 3.8) is 0 Å². The fraction of sp³-hybridized carbons (Fsp3) is 0.625. The van der Waals surface area contributed by atoms with E-state index < -0.39 is 11.5 Å². The molecule has 0 rings (SSSR count). The van der Waals surface area contributed by atoms with Crippen molar-refractivity contribution in [3.8, 4) is 0 Å². The number of carboxylic acid groups (broad SMARTS) is 1. The number of carboxylic acids is 1. The van der Waals surface area contributed by atoms with Gasteiger partial charge in [-0.2, -0.15) is 0 Å². The van der Waals surface area contributed by atoms with Crippen LogP contribution in [0.5, 0.6) is 0 Å². The smallest absolute Gasteiger partial charge is 0.327 e. The van der Waals surface area contributed by atoms with Crippen molar-refractivity contribution >= 4 is 5.97 Å². The van der Waals surface area contributed by atoms with Gasteiger partial charge in [-0.1, -0.05) is 6.08 Å². The summed E-state index contributed by atoms with van der Waals surface area (Å²) in [6.45, 7) is 3.96. The van der Waals surface area contributed by atoms with E-state index in [1.54, 1.807) is 0 Å². The van der Waals surface area contributed by atoms with E-state index in [1.165, 1.54) is 6.08 Å². The predicted molar refractivity (Wildman–Crippen MR) is 47.7 cm³/mol. The molecule has 0 aliphatic carbocycles. The van der Waals surface area contributed by atoms with Crippen LogP contribution in [-0.4, -0.2) is 23.2 Å². The lowest BCUT2D eigenvalue weighted by Gasteiger charge is -2.19. The first-order valence-corrected chi connectivity index (χ1v) is 3.93. The van der Waals surface area contributed by atoms with E-state index in [2.05, 4.69) is 6.58 Å². The predicted octanol–water partition coefficient (Wildman–Crippen LogP) is 0.0835. The van der Waals surface area contributed by atoms with Crippen LogP contribution in [0.3, 0.4) is 0 Å². The Morgan fingerprint density at radius 3 is 2.50 bits per heavy atom. The van der Waals surface area contributed by atoms with Gasteiger partial charge >= 0.3 is 5.97 Å². The normalized spacial score (nSPS) is 15.2. The van der Waals surface area contributed by atoms with Gasteiger partial charge in [-0.05, 0) is 25.8 Å². The second kappa shape index (κ2) is 4.90. The van der Waals surface area contributed by atoms with Crippen molar-refractivity contribution in [2.45, 2.75) is 24.8 Å². The molecule has 0 fully saturated rings. The third kappa shape index (κ3) is 3.02. The molecule has 0 aliphatic heterocycles. The Morgan fingerprint density at radius 2 is 2.17 bits per heavy atom. The molecule has 0 aromatic heterocycles. The molecule has 12 heavy (non-hydrogen) atoms. The first-order valence-electron chi connectivity index (χ1n) is 3.93. The second-order valence-electron chi connectivity index (χ2n) is 2.80. The summed E-state index contributed by atoms with van der Waals surface area (Å²) in [4.78, 5) is 10.6. The summed E-state index contributed by atoms with van der Waals surface area (Å²) < 4.78 is 0. The Hall–Kier alpha value is -0.870. The van der Waals surface area contributed by atoms with Gasteiger partial charge in [0.1, 0.15) is 5.54 Å². The summed E-state index contributed by atoms with van der Waals surface area (Å²) >= 11 is 0. The zero-order chi connectivity index (χ0) is 9.61. The number of hydrogen-bond acceptors (Lipinski definition) is 3. The fourth-order valence-corrected chi connectivity index (χ4v) is 0.858. The van der Waals surface area contributed by atoms with E-state index in [4.69, 9.17) is 16.6 Å². The Kier molecular flexibility index (Phi) is 4.54. The largest absolute Gasteiger partial charge is 0.480 e. The van der Waals surface area contributed by atoms with E-state index in [-0.39, 0.29) is 0 Å². The third-order valence-electron chi connectivity index (χ3n) is 1.81. The zero-order valence-corrected chi connectivity index (χ0v) is 7.12. The molecule has 4 nitrogen and oxygen atoms in total. The van der Waals surface area contributed by atoms with Gasteiger partial charge in [0, 0.05) is 0 Å². The Balaban J connectivity index is 3.97. The van der Waals surface area contributed by atoms with Gasteiger partial charge in [0.15, 0.2) is 0 Å². The Morgan fingerprint density at radius 1 is 1.58 bits per heavy atom. The van der Waals surface area contributed by atoms with Crippen LogP contribution in [0.2, 0.25) is 0 Å². The quantitative estimate of drug-likeness (QED) is 0.391. The maximum Gasteiger partial charge on any atom is 0.327 e. The molecule has 0 saturated carbocycles. The van der Waals surface area contributed by atoms with E-state index >= 15 is 0 Å². The highest BCUT2D eigenvalue weighted by Gasteiger charge is 2.29. The standard InChI is InChI=1S/C8H16N2O2/c1-2-8(10,7(11)12)5-3-4-6-9/h2H,1,3-6,9-10H2,(H,11,12)/t8-/m0/s1. The van der Waals surface area contributed by atoms with Crippen molar-refractivity contribution in [1.29, 1.82) is 0 Å². The minimum Gasteiger partial charge on any atom is -0.480 e. The molecular weight excluding hydrogens is 156 g/mol. The van der Waals surface area contributed by atoms with Crippen LogP contribution >= 0.6 is 0 Å². The summed E-state index contributed by atoms with van der Waals surface area (Å²) in [5, 5.41) is 8.70. The first-order chi connectivity index (χ1) is 5.56. The lowest BCUT2D eigenvalue weighted by molar-refractivity contribution is -0.141. The molecule has 5 N–H and O–H groups in total. The summed E-state index contributed by atoms with van der Waals surface area (Å²) in [6, 6.07) is 0. The summed E-state index contributed by atoms with van der Waals surface area (Å²) in [5.41, 5.74) is 9.50. The van der Waals surface area contributed by atoms with Crippen LogP contribution in [0.25, 0.3) is 0 Å². The van der Waals surface area contributed by atoms with Gasteiger partial charge in [0.25, 0.3) is 0 Å². The lowest BCUT2D eigenvalue weighted by Crippen LogP contribution is -2.45. The number of aliphatic carboxylic acids is 1. The van der Waals surface area contributed by atoms with Gasteiger partial charge in [-0.25, -0.2) is 4.79 Å². The van der Waals surface area contributed by atoms with Gasteiger partial charge in [0.2, 0.25) is 0 Å². The summed E-state index contributed by atoms with van der Waals surface area (Å²) in [7, 11) is 0. The third-order valence-corrected chi connectivity index (χ3v) is 1.81. The molecular formula is C8H16N2O2. The molecule has 0 heterocycles. The van der Waals surface area contributed by atoms with E-state index in [0.717, 1.165) is 6.42 Å². The molecule has 0 aromatic rings. The average molecular weight is 172 g/mol. The first kappa shape index (κ1) is 11.1. The maximum absolute atomic E-state index is 10.6. The highest BCUT2D eigenvalue weighted by atomic mass is 16.4. The molecule has 0 aliphatic rings. The second-order valence-corrected chi connectivity index (χ2v) is 2.80. The number of unbranched alkanes of at least 4 members (excludes halogenated alkanes) is 1. The van der Waals surface area contributed by atoms with Crippen LogP contribution in [0.4, 0.5) is 0 Å². The number of nitrogens with two attached hydrogens (primary N) is 2. The van der Waals surface area contributed by atoms with Crippen molar-refractivity contribution in [2.75, 3.05) is 6.54 Å². The molecule has 0 amide bonds. The van der Waals surface area contributed by atoms with Gasteiger partial charge in [0.05, 0.1) is 0 Å². The molecule has 0 aromatic carbocycles. The van der Waals surface area contributed by atoms with Crippen LogP contribution in [0.15, 0.2) is 12.7 Å². The monoisotopic (exact) mass is 172 g/mol. The minimum absolute atomic E-state index is 0.392. The topological polar surface area (TPSA) is 89.3 Å². The molecule has 0 radical (unpaired) electrons. The minimum atomic E-state index is -1.28. The maximum atomic E-state index is 10.6. The summed E-state index contributed by atoms with van der Waals surface area (Å²) in [5.74, 6) is -1.03. The molecule has 0 bridgehead atoms. The van der Waals surface area contributed by atoms with Crippen molar-refractivity contribution < 1.29 is 9.90 Å². The lowest BCUT2D eigenvalue weighted by atomic mass is 9.94. The van der Waals surface area contributed by atoms with Crippen LogP contribution in [0.1, 0.15) is 19.3 Å². The molecule has 1 atom stereocenters. The Labute approximate surface area is 72.2 Å². The van der Waals surface area contributed by atoms with Crippen LogP contribution in [0, 0.1) is 0 Å². The van der Waals surface area contributed by atoms with E-state index in [0.29, 0.717) is 19.4 Å². The molecule has 0 unspecified atom stereocenters. The van der Waals surface area contributed by atoms with Gasteiger partial charge in [-0.3, -0.25) is 0 Å². The fourth-order valence-electron chi connectivity index (χ4n) is 0.858. The van der Waals surface area contributed by atoms with Crippen molar-refractivity contribution in [2.24, 2.45) is 11.5 Å². The number of carbonyl (C=O) groups is 1. The van der Waals surface area contributed by atoms with E-state index in [1.807, 2.05) is 0 Å². The summed E-state index contributed by atoms with van der Waals surface area (Å²) in [6.07, 6.45) is 3.17. The van der Waals surface area contributed by atoms with Gasteiger partial charge in [-0.15, -0.1) is 6.58 Å². The van der Waals surface area contributed by atoms with Gasteiger partial charge < -0.3 is 16.6 Å². The Bertz CT molecular complexity index is 170. The highest BCUT2D eigenvalue weighted by Crippen LogP contribution is 2.12. The number of rotatable bonds is 6. The molecule has 4 heteroatoms. The molecule has 0 spiro atoms. The number of hydrogen-bond donors (Lipinski definition) is 3.